The number of aromatic nitrogens is 1. The summed E-state index contributed by atoms with van der Waals surface area (Å²) in [7, 11) is -3.61. The molecule has 2 aromatic rings. The third-order valence-corrected chi connectivity index (χ3v) is 4.86. The fourth-order valence-electron chi connectivity index (χ4n) is 1.65. The normalized spacial score (nSPS) is 11.7. The Bertz CT molecular complexity index is 693. The lowest BCUT2D eigenvalue weighted by Crippen LogP contribution is -2.24. The van der Waals surface area contributed by atoms with E-state index in [1.165, 1.54) is 17.4 Å². The summed E-state index contributed by atoms with van der Waals surface area (Å²) in [5, 5.41) is 2.74. The lowest BCUT2D eigenvalue weighted by atomic mass is 10.2. The number of thiazole rings is 1. The topological polar surface area (TPSA) is 85.1 Å². The van der Waals surface area contributed by atoms with Crippen LogP contribution in [0.2, 0.25) is 0 Å². The van der Waals surface area contributed by atoms with E-state index in [-0.39, 0.29) is 17.1 Å². The number of nitrogens with zero attached hydrogens (tertiary/aromatic N) is 1. The highest BCUT2D eigenvalue weighted by Gasteiger charge is 2.17. The molecule has 0 aliphatic heterocycles. The molecule has 19 heavy (non-hydrogen) atoms. The van der Waals surface area contributed by atoms with Crippen LogP contribution in [0.4, 0.5) is 5.69 Å². The van der Waals surface area contributed by atoms with Crippen molar-refractivity contribution in [2.24, 2.45) is 0 Å². The van der Waals surface area contributed by atoms with Gasteiger partial charge in [0.1, 0.15) is 4.90 Å². The number of hydrogen-bond acceptors (Lipinski definition) is 5. The van der Waals surface area contributed by atoms with Crippen molar-refractivity contribution in [3.63, 3.8) is 0 Å². The Morgan fingerprint density at radius 3 is 2.68 bits per heavy atom. The van der Waals surface area contributed by atoms with Gasteiger partial charge in [0.2, 0.25) is 10.0 Å². The van der Waals surface area contributed by atoms with E-state index in [0.717, 1.165) is 10.6 Å². The first-order valence-corrected chi connectivity index (χ1v) is 8.01. The number of anilines is 1. The molecule has 0 saturated heterocycles. The number of aryl methyl sites for hydroxylation is 2. The average molecular weight is 297 g/mol. The smallest absolute Gasteiger partial charge is 0.242 e. The SMILES string of the molecule is Cc1ccc(S(=O)(=O)NCc2csc(C)n2)c(N)c1. The van der Waals surface area contributed by atoms with Crippen molar-refractivity contribution in [1.29, 1.82) is 0 Å². The zero-order valence-corrected chi connectivity index (χ0v) is 12.3. The van der Waals surface area contributed by atoms with Crippen LogP contribution in [0.3, 0.4) is 0 Å². The van der Waals surface area contributed by atoms with E-state index in [4.69, 9.17) is 5.73 Å². The molecule has 0 aliphatic carbocycles. The van der Waals surface area contributed by atoms with E-state index in [0.29, 0.717) is 5.69 Å². The molecule has 0 aliphatic rings. The van der Waals surface area contributed by atoms with Crippen LogP contribution in [-0.4, -0.2) is 13.4 Å². The van der Waals surface area contributed by atoms with Crippen molar-refractivity contribution in [3.8, 4) is 0 Å². The Morgan fingerprint density at radius 2 is 2.11 bits per heavy atom. The van der Waals surface area contributed by atoms with Crippen LogP contribution in [-0.2, 0) is 16.6 Å². The van der Waals surface area contributed by atoms with Crippen molar-refractivity contribution in [1.82, 2.24) is 9.71 Å². The van der Waals surface area contributed by atoms with Crippen LogP contribution < -0.4 is 10.5 Å². The maximum absolute atomic E-state index is 12.1. The van der Waals surface area contributed by atoms with Gasteiger partial charge < -0.3 is 5.73 Å². The maximum atomic E-state index is 12.1. The quantitative estimate of drug-likeness (QED) is 0.843. The molecule has 0 saturated carbocycles. The van der Waals surface area contributed by atoms with Gasteiger partial charge in [0.25, 0.3) is 0 Å². The minimum Gasteiger partial charge on any atom is -0.398 e. The molecule has 3 N–H and O–H groups in total. The first-order chi connectivity index (χ1) is 8.88. The molecule has 1 aromatic carbocycles. The van der Waals surface area contributed by atoms with Crippen LogP contribution in [0.5, 0.6) is 0 Å². The second-order valence-electron chi connectivity index (χ2n) is 4.22. The molecule has 0 amide bonds. The molecule has 0 atom stereocenters. The highest BCUT2D eigenvalue weighted by molar-refractivity contribution is 7.89. The largest absolute Gasteiger partial charge is 0.398 e. The molecule has 0 radical (unpaired) electrons. The monoisotopic (exact) mass is 297 g/mol. The molecule has 0 spiro atoms. The Hall–Kier alpha value is -1.44. The second-order valence-corrected chi connectivity index (χ2v) is 7.02. The van der Waals surface area contributed by atoms with E-state index < -0.39 is 10.0 Å². The fourth-order valence-corrected chi connectivity index (χ4v) is 3.37. The number of nitrogens with two attached hydrogens (primary N) is 1. The van der Waals surface area contributed by atoms with Crippen molar-refractivity contribution in [3.05, 3.63) is 39.8 Å². The summed E-state index contributed by atoms with van der Waals surface area (Å²) in [4.78, 5) is 4.31. The van der Waals surface area contributed by atoms with Crippen LogP contribution in [0.15, 0.2) is 28.5 Å². The average Bonchev–Trinajstić information content (AvgIpc) is 2.72. The lowest BCUT2D eigenvalue weighted by molar-refractivity contribution is 0.581. The summed E-state index contributed by atoms with van der Waals surface area (Å²) < 4.78 is 26.8. The number of nitrogens with one attached hydrogen (secondary N) is 1. The molecule has 5 nitrogen and oxygen atoms in total. The van der Waals surface area contributed by atoms with E-state index in [1.54, 1.807) is 12.1 Å². The Balaban J connectivity index is 2.18. The zero-order valence-electron chi connectivity index (χ0n) is 10.7. The molecular formula is C12H15N3O2S2. The third-order valence-electron chi connectivity index (χ3n) is 2.56. The van der Waals surface area contributed by atoms with E-state index in [1.807, 2.05) is 19.2 Å². The summed E-state index contributed by atoms with van der Waals surface area (Å²) in [6.07, 6.45) is 0. The molecule has 1 heterocycles. The lowest BCUT2D eigenvalue weighted by Gasteiger charge is -2.08. The van der Waals surface area contributed by atoms with Crippen LogP contribution in [0.25, 0.3) is 0 Å². The highest BCUT2D eigenvalue weighted by Crippen LogP contribution is 2.19. The molecule has 0 unspecified atom stereocenters. The Morgan fingerprint density at radius 1 is 1.37 bits per heavy atom. The van der Waals surface area contributed by atoms with Gasteiger partial charge in [-0.25, -0.2) is 18.1 Å². The van der Waals surface area contributed by atoms with Gasteiger partial charge >= 0.3 is 0 Å². The summed E-state index contributed by atoms with van der Waals surface area (Å²) in [6.45, 7) is 3.90. The Labute approximate surface area is 116 Å². The van der Waals surface area contributed by atoms with Gasteiger partial charge in [0, 0.05) is 5.38 Å². The van der Waals surface area contributed by atoms with Crippen molar-refractivity contribution in [2.45, 2.75) is 25.3 Å². The molecule has 2 rings (SSSR count). The molecule has 0 fully saturated rings. The van der Waals surface area contributed by atoms with Crippen molar-refractivity contribution >= 4 is 27.0 Å². The second kappa shape index (κ2) is 5.28. The van der Waals surface area contributed by atoms with E-state index in [2.05, 4.69) is 9.71 Å². The van der Waals surface area contributed by atoms with Gasteiger partial charge in [-0.15, -0.1) is 11.3 Å². The molecule has 102 valence electrons. The van der Waals surface area contributed by atoms with Crippen molar-refractivity contribution in [2.75, 3.05) is 5.73 Å². The minimum atomic E-state index is -3.61. The summed E-state index contributed by atoms with van der Waals surface area (Å²) in [6, 6.07) is 4.87. The number of benzene rings is 1. The first kappa shape index (κ1) is 14.0. The Kier molecular flexibility index (Phi) is 3.88. The number of sulfonamides is 1. The zero-order chi connectivity index (χ0) is 14.0. The summed E-state index contributed by atoms with van der Waals surface area (Å²) >= 11 is 1.49. The van der Waals surface area contributed by atoms with Gasteiger partial charge in [0.05, 0.1) is 22.9 Å². The number of rotatable bonds is 4. The van der Waals surface area contributed by atoms with Crippen LogP contribution >= 0.6 is 11.3 Å². The molecule has 1 aromatic heterocycles. The molecule has 7 heteroatoms. The van der Waals surface area contributed by atoms with Crippen LogP contribution in [0.1, 0.15) is 16.3 Å². The standard InChI is InChI=1S/C12H15N3O2S2/c1-8-3-4-12(11(13)5-8)19(16,17)14-6-10-7-18-9(2)15-10/h3-5,7,14H,6,13H2,1-2H3. The van der Waals surface area contributed by atoms with Crippen LogP contribution in [0, 0.1) is 13.8 Å². The van der Waals surface area contributed by atoms with Crippen molar-refractivity contribution < 1.29 is 8.42 Å². The van der Waals surface area contributed by atoms with Gasteiger partial charge in [0.15, 0.2) is 0 Å². The van der Waals surface area contributed by atoms with E-state index >= 15 is 0 Å². The summed E-state index contributed by atoms with van der Waals surface area (Å²) in [5.74, 6) is 0. The highest BCUT2D eigenvalue weighted by atomic mass is 32.2. The summed E-state index contributed by atoms with van der Waals surface area (Å²) in [5.41, 5.74) is 7.63. The molecule has 0 bridgehead atoms. The van der Waals surface area contributed by atoms with Gasteiger partial charge in [-0.05, 0) is 31.5 Å². The van der Waals surface area contributed by atoms with Gasteiger partial charge in [-0.1, -0.05) is 6.07 Å². The van der Waals surface area contributed by atoms with E-state index in [9.17, 15) is 8.42 Å². The van der Waals surface area contributed by atoms with Gasteiger partial charge in [-0.3, -0.25) is 0 Å². The third kappa shape index (κ3) is 3.31. The molecular weight excluding hydrogens is 282 g/mol. The predicted molar refractivity (Wildman–Crippen MR) is 76.5 cm³/mol. The maximum Gasteiger partial charge on any atom is 0.242 e. The fraction of sp³-hybridized carbons (Fsp3) is 0.250. The van der Waals surface area contributed by atoms with Gasteiger partial charge in [-0.2, -0.15) is 0 Å². The number of hydrogen-bond donors (Lipinski definition) is 2. The predicted octanol–water partition coefficient (Wildman–Crippen LogP) is 1.82. The number of nitrogen functional groups attached to an aromatic ring is 1. The minimum absolute atomic E-state index is 0.102. The first-order valence-electron chi connectivity index (χ1n) is 5.65.